The lowest BCUT2D eigenvalue weighted by atomic mass is 10.2. The van der Waals surface area contributed by atoms with Crippen molar-refractivity contribution in [2.24, 2.45) is 7.05 Å². The van der Waals surface area contributed by atoms with Crippen LogP contribution < -0.4 is 4.74 Å². The third kappa shape index (κ3) is 3.73. The Morgan fingerprint density at radius 3 is 2.89 bits per heavy atom. The molecule has 0 saturated heterocycles. The third-order valence-corrected chi connectivity index (χ3v) is 2.52. The summed E-state index contributed by atoms with van der Waals surface area (Å²) in [5, 5.41) is 4.17. The van der Waals surface area contributed by atoms with Crippen LogP contribution in [0.3, 0.4) is 0 Å². The Labute approximate surface area is 116 Å². The van der Waals surface area contributed by atoms with Crippen LogP contribution >= 0.6 is 11.6 Å². The Bertz CT molecular complexity index is 628. The molecule has 2 aromatic rings. The second-order valence-corrected chi connectivity index (χ2v) is 4.11. The quantitative estimate of drug-likeness (QED) is 0.638. The van der Waals surface area contributed by atoms with Crippen LogP contribution in [0, 0.1) is 17.7 Å². The second kappa shape index (κ2) is 6.26. The van der Waals surface area contributed by atoms with Crippen LogP contribution in [0.15, 0.2) is 30.5 Å². The highest BCUT2D eigenvalue weighted by Gasteiger charge is 2.03. The summed E-state index contributed by atoms with van der Waals surface area (Å²) in [5.74, 6) is 5.45. The number of rotatable bonds is 3. The smallest absolute Gasteiger partial charge is 0.142 e. The van der Waals surface area contributed by atoms with Crippen molar-refractivity contribution < 1.29 is 9.13 Å². The molecular formula is C14H12ClFN2O. The number of hydrogen-bond acceptors (Lipinski definition) is 2. The van der Waals surface area contributed by atoms with Gasteiger partial charge in [-0.25, -0.2) is 4.39 Å². The number of alkyl halides is 1. The van der Waals surface area contributed by atoms with Gasteiger partial charge in [-0.2, -0.15) is 5.10 Å². The third-order valence-electron chi connectivity index (χ3n) is 2.39. The Hall–Kier alpha value is -1.99. The predicted molar refractivity (Wildman–Crippen MR) is 71.5 cm³/mol. The van der Waals surface area contributed by atoms with Crippen molar-refractivity contribution in [3.63, 3.8) is 0 Å². The van der Waals surface area contributed by atoms with Gasteiger partial charge >= 0.3 is 0 Å². The van der Waals surface area contributed by atoms with Crippen molar-refractivity contribution in [1.29, 1.82) is 0 Å². The van der Waals surface area contributed by atoms with Gasteiger partial charge in [0.05, 0.1) is 17.1 Å². The van der Waals surface area contributed by atoms with Crippen LogP contribution in [0.1, 0.15) is 11.3 Å². The van der Waals surface area contributed by atoms with E-state index in [0.717, 1.165) is 5.69 Å². The fourth-order valence-corrected chi connectivity index (χ4v) is 1.58. The van der Waals surface area contributed by atoms with E-state index in [-0.39, 0.29) is 5.88 Å². The van der Waals surface area contributed by atoms with Crippen LogP contribution in [0.25, 0.3) is 0 Å². The standard InChI is InChI=1S/C14H12ClFN2O/c1-18-8-6-12(17-18)10-19-13-5-4-11(3-2-7-15)14(16)9-13/h4-6,8-9H,7,10H2,1H3. The van der Waals surface area contributed by atoms with Crippen molar-refractivity contribution in [3.8, 4) is 17.6 Å². The number of hydrogen-bond donors (Lipinski definition) is 0. The molecule has 0 saturated carbocycles. The van der Waals surface area contributed by atoms with Crippen LogP contribution in [-0.4, -0.2) is 15.7 Å². The number of aryl methyl sites for hydroxylation is 1. The van der Waals surface area contributed by atoms with E-state index in [0.29, 0.717) is 17.9 Å². The lowest BCUT2D eigenvalue weighted by Crippen LogP contribution is -1.98. The number of halogens is 2. The van der Waals surface area contributed by atoms with E-state index >= 15 is 0 Å². The first kappa shape index (κ1) is 13.4. The first-order chi connectivity index (χ1) is 9.19. The number of benzene rings is 1. The zero-order valence-corrected chi connectivity index (χ0v) is 11.1. The normalized spacial score (nSPS) is 9.84. The highest BCUT2D eigenvalue weighted by atomic mass is 35.5. The molecule has 5 heteroatoms. The lowest BCUT2D eigenvalue weighted by molar-refractivity contribution is 0.298. The highest BCUT2D eigenvalue weighted by molar-refractivity contribution is 6.19. The molecule has 3 nitrogen and oxygen atoms in total. The van der Waals surface area contributed by atoms with Crippen LogP contribution in [0.2, 0.25) is 0 Å². The van der Waals surface area contributed by atoms with Gasteiger partial charge in [0.25, 0.3) is 0 Å². The summed E-state index contributed by atoms with van der Waals surface area (Å²) in [7, 11) is 1.83. The van der Waals surface area contributed by atoms with Crippen LogP contribution in [0.4, 0.5) is 4.39 Å². The molecule has 98 valence electrons. The largest absolute Gasteiger partial charge is 0.487 e. The maximum atomic E-state index is 13.7. The average Bonchev–Trinajstić information content (AvgIpc) is 2.81. The molecule has 0 radical (unpaired) electrons. The molecule has 0 N–H and O–H groups in total. The van der Waals surface area contributed by atoms with Crippen molar-refractivity contribution in [2.75, 3.05) is 5.88 Å². The maximum absolute atomic E-state index is 13.7. The molecule has 0 aliphatic heterocycles. The molecular weight excluding hydrogens is 267 g/mol. The van der Waals surface area contributed by atoms with Crippen LogP contribution in [-0.2, 0) is 13.7 Å². The number of aromatic nitrogens is 2. The van der Waals surface area contributed by atoms with Gasteiger partial charge in [0.15, 0.2) is 0 Å². The van der Waals surface area contributed by atoms with E-state index in [2.05, 4.69) is 16.9 Å². The van der Waals surface area contributed by atoms with E-state index in [1.165, 1.54) is 6.07 Å². The van der Waals surface area contributed by atoms with Crippen molar-refractivity contribution in [1.82, 2.24) is 9.78 Å². The van der Waals surface area contributed by atoms with Gasteiger partial charge in [0, 0.05) is 19.3 Å². The zero-order valence-electron chi connectivity index (χ0n) is 10.4. The minimum Gasteiger partial charge on any atom is -0.487 e. The van der Waals surface area contributed by atoms with E-state index < -0.39 is 5.82 Å². The number of ether oxygens (including phenoxy) is 1. The minimum atomic E-state index is -0.420. The van der Waals surface area contributed by atoms with E-state index in [9.17, 15) is 4.39 Å². The predicted octanol–water partition coefficient (Wildman–Crippen LogP) is 2.73. The molecule has 0 unspecified atom stereocenters. The summed E-state index contributed by atoms with van der Waals surface area (Å²) < 4.78 is 20.8. The van der Waals surface area contributed by atoms with E-state index in [4.69, 9.17) is 16.3 Å². The maximum Gasteiger partial charge on any atom is 0.142 e. The fraction of sp³-hybridized carbons (Fsp3) is 0.214. The Morgan fingerprint density at radius 2 is 2.26 bits per heavy atom. The van der Waals surface area contributed by atoms with Crippen molar-refractivity contribution in [2.45, 2.75) is 6.61 Å². The van der Waals surface area contributed by atoms with Crippen molar-refractivity contribution in [3.05, 3.63) is 47.5 Å². The molecule has 0 bridgehead atoms. The topological polar surface area (TPSA) is 27.1 Å². The molecule has 0 spiro atoms. The monoisotopic (exact) mass is 278 g/mol. The zero-order chi connectivity index (χ0) is 13.7. The fourth-order valence-electron chi connectivity index (χ4n) is 1.51. The molecule has 0 atom stereocenters. The summed E-state index contributed by atoms with van der Waals surface area (Å²) in [5.41, 5.74) is 1.10. The van der Waals surface area contributed by atoms with Gasteiger partial charge in [-0.1, -0.05) is 11.8 Å². The summed E-state index contributed by atoms with van der Waals surface area (Å²) in [6.45, 7) is 0.299. The average molecular weight is 279 g/mol. The van der Waals surface area contributed by atoms with E-state index in [1.807, 2.05) is 19.3 Å². The Balaban J connectivity index is 2.03. The van der Waals surface area contributed by atoms with Gasteiger partial charge in [0.1, 0.15) is 18.2 Å². The van der Waals surface area contributed by atoms with Crippen LogP contribution in [0.5, 0.6) is 5.75 Å². The molecule has 0 fully saturated rings. The lowest BCUT2D eigenvalue weighted by Gasteiger charge is -2.04. The van der Waals surface area contributed by atoms with Gasteiger partial charge in [0.2, 0.25) is 0 Å². The van der Waals surface area contributed by atoms with Gasteiger partial charge in [-0.3, -0.25) is 4.68 Å². The molecule has 19 heavy (non-hydrogen) atoms. The first-order valence-electron chi connectivity index (χ1n) is 5.65. The van der Waals surface area contributed by atoms with E-state index in [1.54, 1.807) is 16.8 Å². The molecule has 2 rings (SSSR count). The Morgan fingerprint density at radius 1 is 1.42 bits per heavy atom. The first-order valence-corrected chi connectivity index (χ1v) is 6.18. The van der Waals surface area contributed by atoms with Gasteiger partial charge in [-0.05, 0) is 18.2 Å². The molecule has 1 aromatic heterocycles. The highest BCUT2D eigenvalue weighted by Crippen LogP contribution is 2.17. The molecule has 0 amide bonds. The molecule has 0 aliphatic carbocycles. The number of nitrogens with zero attached hydrogens (tertiary/aromatic N) is 2. The molecule has 0 aliphatic rings. The summed E-state index contributed by atoms with van der Waals surface area (Å²) in [6, 6.07) is 6.39. The second-order valence-electron chi connectivity index (χ2n) is 3.85. The van der Waals surface area contributed by atoms with Gasteiger partial charge < -0.3 is 4.74 Å². The SMILES string of the molecule is Cn1ccc(COc2ccc(C#CCCl)c(F)c2)n1. The molecule has 1 heterocycles. The van der Waals surface area contributed by atoms with Gasteiger partial charge in [-0.15, -0.1) is 11.6 Å². The Kier molecular flexibility index (Phi) is 4.43. The summed E-state index contributed by atoms with van der Waals surface area (Å²) in [4.78, 5) is 0. The summed E-state index contributed by atoms with van der Waals surface area (Å²) >= 11 is 5.42. The minimum absolute atomic E-state index is 0.178. The molecule has 1 aromatic carbocycles. The van der Waals surface area contributed by atoms with Crippen molar-refractivity contribution >= 4 is 11.6 Å². The summed E-state index contributed by atoms with van der Waals surface area (Å²) in [6.07, 6.45) is 1.82.